The van der Waals surface area contributed by atoms with Crippen LogP contribution in [0.15, 0.2) is 18.3 Å². The lowest BCUT2D eigenvalue weighted by molar-refractivity contribution is 0.590. The van der Waals surface area contributed by atoms with Crippen LogP contribution in [0.3, 0.4) is 0 Å². The summed E-state index contributed by atoms with van der Waals surface area (Å²) in [6.45, 7) is 5.88. The highest BCUT2D eigenvalue weighted by atomic mass is 15.1. The van der Waals surface area contributed by atoms with E-state index in [9.17, 15) is 0 Å². The molecule has 0 saturated heterocycles. The Labute approximate surface area is 85.9 Å². The van der Waals surface area contributed by atoms with E-state index in [1.54, 1.807) is 0 Å². The van der Waals surface area contributed by atoms with E-state index in [0.717, 1.165) is 18.8 Å². The Balaban J connectivity index is 2.64. The second-order valence-corrected chi connectivity index (χ2v) is 3.88. The minimum absolute atomic E-state index is 0.522. The van der Waals surface area contributed by atoms with Gasteiger partial charge in [-0.25, -0.2) is 0 Å². The Morgan fingerprint density at radius 2 is 2.29 bits per heavy atom. The first kappa shape index (κ1) is 11.0. The van der Waals surface area contributed by atoms with Crippen LogP contribution in [-0.2, 0) is 0 Å². The summed E-state index contributed by atoms with van der Waals surface area (Å²) < 4.78 is 0. The molecule has 0 saturated carbocycles. The molecule has 0 bridgehead atoms. The van der Waals surface area contributed by atoms with Gasteiger partial charge in [0.25, 0.3) is 0 Å². The van der Waals surface area contributed by atoms with Crippen LogP contribution in [-0.4, -0.2) is 25.1 Å². The van der Waals surface area contributed by atoms with Gasteiger partial charge in [0.05, 0.1) is 0 Å². The van der Waals surface area contributed by atoms with Crippen molar-refractivity contribution < 1.29 is 0 Å². The molecule has 1 aromatic rings. The van der Waals surface area contributed by atoms with Crippen molar-refractivity contribution in [2.75, 3.05) is 25.0 Å². The third-order valence-corrected chi connectivity index (χ3v) is 2.31. The molecular formula is C11H19N3. The molecule has 0 fully saturated rings. The van der Waals surface area contributed by atoms with E-state index < -0.39 is 0 Å². The van der Waals surface area contributed by atoms with E-state index in [0.29, 0.717) is 5.92 Å². The highest BCUT2D eigenvalue weighted by molar-refractivity contribution is 5.45. The van der Waals surface area contributed by atoms with Crippen molar-refractivity contribution >= 4 is 5.69 Å². The van der Waals surface area contributed by atoms with Gasteiger partial charge >= 0.3 is 0 Å². The van der Waals surface area contributed by atoms with Crippen molar-refractivity contribution in [1.82, 2.24) is 4.98 Å². The molecule has 1 unspecified atom stereocenters. The summed E-state index contributed by atoms with van der Waals surface area (Å²) >= 11 is 0. The fourth-order valence-electron chi connectivity index (χ4n) is 1.42. The van der Waals surface area contributed by atoms with Crippen LogP contribution in [0.2, 0.25) is 0 Å². The van der Waals surface area contributed by atoms with Crippen molar-refractivity contribution in [3.05, 3.63) is 24.0 Å². The third kappa shape index (κ3) is 3.00. The number of anilines is 1. The van der Waals surface area contributed by atoms with Gasteiger partial charge in [0.15, 0.2) is 0 Å². The molecule has 78 valence electrons. The van der Waals surface area contributed by atoms with E-state index in [1.165, 1.54) is 5.69 Å². The predicted molar refractivity (Wildman–Crippen MR) is 60.5 cm³/mol. The Kier molecular flexibility index (Phi) is 3.89. The van der Waals surface area contributed by atoms with Gasteiger partial charge in [-0.15, -0.1) is 0 Å². The van der Waals surface area contributed by atoms with Gasteiger partial charge in [0.1, 0.15) is 0 Å². The number of aryl methyl sites for hydroxylation is 1. The zero-order chi connectivity index (χ0) is 10.6. The van der Waals surface area contributed by atoms with Crippen molar-refractivity contribution in [2.24, 2.45) is 11.7 Å². The molecule has 0 aromatic carbocycles. The average molecular weight is 193 g/mol. The van der Waals surface area contributed by atoms with E-state index >= 15 is 0 Å². The van der Waals surface area contributed by atoms with Crippen molar-refractivity contribution in [3.8, 4) is 0 Å². The van der Waals surface area contributed by atoms with Crippen LogP contribution in [0.25, 0.3) is 0 Å². The third-order valence-electron chi connectivity index (χ3n) is 2.31. The van der Waals surface area contributed by atoms with Gasteiger partial charge in [0.2, 0.25) is 0 Å². The van der Waals surface area contributed by atoms with Crippen LogP contribution in [0.1, 0.15) is 12.6 Å². The first-order valence-corrected chi connectivity index (χ1v) is 4.97. The molecule has 3 nitrogen and oxygen atoms in total. The highest BCUT2D eigenvalue weighted by Crippen LogP contribution is 2.13. The predicted octanol–water partition coefficient (Wildman–Crippen LogP) is 1.42. The molecule has 14 heavy (non-hydrogen) atoms. The summed E-state index contributed by atoms with van der Waals surface area (Å²) in [6.07, 6.45) is 1.84. The lowest BCUT2D eigenvalue weighted by atomic mass is 10.1. The number of hydrogen-bond donors (Lipinski definition) is 1. The number of aromatic nitrogens is 1. The fourth-order valence-corrected chi connectivity index (χ4v) is 1.42. The maximum absolute atomic E-state index is 5.59. The SMILES string of the molecule is Cc1cc(N(C)CC(C)CN)ccn1. The van der Waals surface area contributed by atoms with Crippen molar-refractivity contribution in [1.29, 1.82) is 0 Å². The normalized spacial score (nSPS) is 12.6. The van der Waals surface area contributed by atoms with Crippen LogP contribution < -0.4 is 10.6 Å². The smallest absolute Gasteiger partial charge is 0.0397 e. The van der Waals surface area contributed by atoms with Crippen LogP contribution in [0.4, 0.5) is 5.69 Å². The largest absolute Gasteiger partial charge is 0.374 e. The molecule has 0 amide bonds. The molecule has 1 aromatic heterocycles. The number of hydrogen-bond acceptors (Lipinski definition) is 3. The number of pyridine rings is 1. The number of nitrogens with two attached hydrogens (primary N) is 1. The zero-order valence-electron chi connectivity index (χ0n) is 9.20. The molecule has 2 N–H and O–H groups in total. The van der Waals surface area contributed by atoms with E-state index in [-0.39, 0.29) is 0 Å². The van der Waals surface area contributed by atoms with Crippen molar-refractivity contribution in [2.45, 2.75) is 13.8 Å². The second kappa shape index (κ2) is 4.96. The lowest BCUT2D eigenvalue weighted by Gasteiger charge is -2.22. The molecule has 0 spiro atoms. The first-order chi connectivity index (χ1) is 6.63. The molecular weight excluding hydrogens is 174 g/mol. The van der Waals surface area contributed by atoms with Gasteiger partial charge < -0.3 is 10.6 Å². The number of nitrogens with zero attached hydrogens (tertiary/aromatic N) is 2. The second-order valence-electron chi connectivity index (χ2n) is 3.88. The topological polar surface area (TPSA) is 42.1 Å². The summed E-state index contributed by atoms with van der Waals surface area (Å²) in [6, 6.07) is 4.11. The standard InChI is InChI=1S/C11H19N3/c1-9(7-12)8-14(3)11-4-5-13-10(2)6-11/h4-6,9H,7-8,12H2,1-3H3. The minimum atomic E-state index is 0.522. The highest BCUT2D eigenvalue weighted by Gasteiger charge is 2.05. The van der Waals surface area contributed by atoms with Gasteiger partial charge in [-0.2, -0.15) is 0 Å². The lowest BCUT2D eigenvalue weighted by Crippen LogP contribution is -2.28. The number of rotatable bonds is 4. The Bertz CT molecular complexity index is 286. The van der Waals surface area contributed by atoms with E-state index in [4.69, 9.17) is 5.73 Å². The van der Waals surface area contributed by atoms with Crippen LogP contribution >= 0.6 is 0 Å². The van der Waals surface area contributed by atoms with E-state index in [2.05, 4.69) is 29.9 Å². The molecule has 0 aliphatic heterocycles. The zero-order valence-corrected chi connectivity index (χ0v) is 9.20. The quantitative estimate of drug-likeness (QED) is 0.786. The maximum Gasteiger partial charge on any atom is 0.0397 e. The Hall–Kier alpha value is -1.09. The van der Waals surface area contributed by atoms with Crippen molar-refractivity contribution in [3.63, 3.8) is 0 Å². The molecule has 1 heterocycles. The van der Waals surface area contributed by atoms with Gasteiger partial charge in [0, 0.05) is 31.2 Å². The van der Waals surface area contributed by atoms with Gasteiger partial charge in [-0.05, 0) is 31.5 Å². The summed E-state index contributed by atoms with van der Waals surface area (Å²) in [5, 5.41) is 0. The van der Waals surface area contributed by atoms with E-state index in [1.807, 2.05) is 19.2 Å². The average Bonchev–Trinajstić information content (AvgIpc) is 2.17. The summed E-state index contributed by atoms with van der Waals surface area (Å²) in [5.41, 5.74) is 7.85. The molecule has 1 atom stereocenters. The summed E-state index contributed by atoms with van der Waals surface area (Å²) in [7, 11) is 2.08. The molecule has 3 heteroatoms. The molecule has 0 radical (unpaired) electrons. The molecule has 0 aliphatic carbocycles. The summed E-state index contributed by atoms with van der Waals surface area (Å²) in [4.78, 5) is 6.38. The van der Waals surface area contributed by atoms with Crippen LogP contribution in [0.5, 0.6) is 0 Å². The van der Waals surface area contributed by atoms with Crippen LogP contribution in [0, 0.1) is 12.8 Å². The Morgan fingerprint density at radius 1 is 1.57 bits per heavy atom. The first-order valence-electron chi connectivity index (χ1n) is 4.97. The maximum atomic E-state index is 5.59. The monoisotopic (exact) mass is 193 g/mol. The minimum Gasteiger partial charge on any atom is -0.374 e. The fraction of sp³-hybridized carbons (Fsp3) is 0.545. The summed E-state index contributed by atoms with van der Waals surface area (Å²) in [5.74, 6) is 0.522. The molecule has 1 rings (SSSR count). The molecule has 0 aliphatic rings. The van der Waals surface area contributed by atoms with Gasteiger partial charge in [-0.1, -0.05) is 6.92 Å². The van der Waals surface area contributed by atoms with Gasteiger partial charge in [-0.3, -0.25) is 4.98 Å². The Morgan fingerprint density at radius 3 is 2.86 bits per heavy atom.